The zero-order chi connectivity index (χ0) is 13.8. The van der Waals surface area contributed by atoms with Gasteiger partial charge in [-0.05, 0) is 25.6 Å². The van der Waals surface area contributed by atoms with Gasteiger partial charge in [0.25, 0.3) is 5.69 Å². The van der Waals surface area contributed by atoms with Crippen molar-refractivity contribution >= 4 is 5.69 Å². The fourth-order valence-electron chi connectivity index (χ4n) is 1.85. The molecule has 1 heterocycles. The summed E-state index contributed by atoms with van der Waals surface area (Å²) >= 11 is 0. The molecule has 0 aliphatic rings. The summed E-state index contributed by atoms with van der Waals surface area (Å²) < 4.78 is 0. The number of nitro benzene ring substituents is 1. The first kappa shape index (κ1) is 13.1. The largest absolute Gasteiger partial charge is 0.330 e. The van der Waals surface area contributed by atoms with Gasteiger partial charge in [-0.25, -0.2) is 9.97 Å². The van der Waals surface area contributed by atoms with E-state index < -0.39 is 4.92 Å². The zero-order valence-corrected chi connectivity index (χ0v) is 10.5. The van der Waals surface area contributed by atoms with E-state index in [1.807, 2.05) is 13.0 Å². The number of nitro groups is 1. The maximum atomic E-state index is 11.0. The summed E-state index contributed by atoms with van der Waals surface area (Å²) in [6.45, 7) is 2.31. The average Bonchev–Trinajstić information content (AvgIpc) is 2.38. The Morgan fingerprint density at radius 1 is 1.32 bits per heavy atom. The summed E-state index contributed by atoms with van der Waals surface area (Å²) in [5, 5.41) is 11.0. The Hall–Kier alpha value is -2.34. The van der Waals surface area contributed by atoms with Crippen molar-refractivity contribution in [3.63, 3.8) is 0 Å². The smallest absolute Gasteiger partial charge is 0.280 e. The number of para-hydroxylation sites is 1. The first-order valence-corrected chi connectivity index (χ1v) is 5.90. The summed E-state index contributed by atoms with van der Waals surface area (Å²) in [5.41, 5.74) is 7.51. The monoisotopic (exact) mass is 258 g/mol. The predicted octanol–water partition coefficient (Wildman–Crippen LogP) is 1.86. The number of nitrogens with zero attached hydrogens (tertiary/aromatic N) is 3. The van der Waals surface area contributed by atoms with E-state index in [9.17, 15) is 10.1 Å². The van der Waals surface area contributed by atoms with E-state index in [1.54, 1.807) is 18.2 Å². The molecule has 0 saturated heterocycles. The molecule has 0 unspecified atom stereocenters. The highest BCUT2D eigenvalue weighted by Crippen LogP contribution is 2.27. The van der Waals surface area contributed by atoms with Crippen molar-refractivity contribution in [1.82, 2.24) is 9.97 Å². The number of benzene rings is 1. The molecule has 0 radical (unpaired) electrons. The van der Waals surface area contributed by atoms with Crippen LogP contribution in [0.15, 0.2) is 30.3 Å². The first-order chi connectivity index (χ1) is 9.11. The van der Waals surface area contributed by atoms with Crippen molar-refractivity contribution in [2.45, 2.75) is 13.3 Å². The SMILES string of the molecule is Cc1cc(CCN)nc(-c2ccccc2[N+](=O)[O-])n1. The van der Waals surface area contributed by atoms with Crippen LogP contribution < -0.4 is 5.73 Å². The molecular formula is C13H14N4O2. The standard InChI is InChI=1S/C13H14N4O2/c1-9-8-10(6-7-14)16-13(15-9)11-4-2-3-5-12(11)17(18)19/h2-5,8H,6-7,14H2,1H3. The minimum Gasteiger partial charge on any atom is -0.330 e. The maximum Gasteiger partial charge on any atom is 0.280 e. The van der Waals surface area contributed by atoms with Crippen LogP contribution in [0.4, 0.5) is 5.69 Å². The molecule has 2 aromatic rings. The Balaban J connectivity index is 2.55. The van der Waals surface area contributed by atoms with E-state index in [0.29, 0.717) is 24.4 Å². The first-order valence-electron chi connectivity index (χ1n) is 5.90. The zero-order valence-electron chi connectivity index (χ0n) is 10.5. The number of rotatable bonds is 4. The van der Waals surface area contributed by atoms with Crippen LogP contribution in [0.3, 0.4) is 0 Å². The van der Waals surface area contributed by atoms with Gasteiger partial charge < -0.3 is 5.73 Å². The Kier molecular flexibility index (Phi) is 3.82. The predicted molar refractivity (Wildman–Crippen MR) is 71.6 cm³/mol. The lowest BCUT2D eigenvalue weighted by Crippen LogP contribution is -2.07. The molecule has 19 heavy (non-hydrogen) atoms. The molecule has 0 spiro atoms. The van der Waals surface area contributed by atoms with Crippen molar-refractivity contribution in [1.29, 1.82) is 0 Å². The normalized spacial score (nSPS) is 10.4. The number of hydrogen-bond acceptors (Lipinski definition) is 5. The lowest BCUT2D eigenvalue weighted by atomic mass is 10.1. The molecule has 0 fully saturated rings. The van der Waals surface area contributed by atoms with Gasteiger partial charge in [-0.3, -0.25) is 10.1 Å². The summed E-state index contributed by atoms with van der Waals surface area (Å²) in [7, 11) is 0. The van der Waals surface area contributed by atoms with Crippen molar-refractivity contribution in [3.05, 3.63) is 51.8 Å². The summed E-state index contributed by atoms with van der Waals surface area (Å²) in [6.07, 6.45) is 0.622. The summed E-state index contributed by atoms with van der Waals surface area (Å²) in [5.74, 6) is 0.371. The van der Waals surface area contributed by atoms with Gasteiger partial charge in [0, 0.05) is 23.9 Å². The topological polar surface area (TPSA) is 94.9 Å². The van der Waals surface area contributed by atoms with Crippen molar-refractivity contribution < 1.29 is 4.92 Å². The number of hydrogen-bond donors (Lipinski definition) is 1. The molecule has 0 atom stereocenters. The number of aryl methyl sites for hydroxylation is 1. The van der Waals surface area contributed by atoms with Crippen molar-refractivity contribution in [2.75, 3.05) is 6.54 Å². The highest BCUT2D eigenvalue weighted by atomic mass is 16.6. The van der Waals surface area contributed by atoms with Gasteiger partial charge in [0.2, 0.25) is 0 Å². The second-order valence-electron chi connectivity index (χ2n) is 4.14. The summed E-state index contributed by atoms with van der Waals surface area (Å²) in [6, 6.07) is 8.29. The average molecular weight is 258 g/mol. The van der Waals surface area contributed by atoms with E-state index in [4.69, 9.17) is 5.73 Å². The molecular weight excluding hydrogens is 244 g/mol. The van der Waals surface area contributed by atoms with Gasteiger partial charge in [0.1, 0.15) is 0 Å². The van der Waals surface area contributed by atoms with E-state index in [2.05, 4.69) is 9.97 Å². The maximum absolute atomic E-state index is 11.0. The quantitative estimate of drug-likeness (QED) is 0.667. The molecule has 0 amide bonds. The minimum atomic E-state index is -0.427. The fourth-order valence-corrected chi connectivity index (χ4v) is 1.85. The van der Waals surface area contributed by atoms with Crippen LogP contribution in [-0.4, -0.2) is 21.4 Å². The van der Waals surface area contributed by atoms with Crippen LogP contribution in [0.25, 0.3) is 11.4 Å². The molecule has 2 N–H and O–H groups in total. The highest BCUT2D eigenvalue weighted by molar-refractivity contribution is 5.67. The molecule has 2 rings (SSSR count). The fraction of sp³-hybridized carbons (Fsp3) is 0.231. The molecule has 0 aliphatic heterocycles. The van der Waals surface area contributed by atoms with Gasteiger partial charge in [0.15, 0.2) is 5.82 Å². The number of aromatic nitrogens is 2. The van der Waals surface area contributed by atoms with E-state index in [0.717, 1.165) is 11.4 Å². The molecule has 6 heteroatoms. The lowest BCUT2D eigenvalue weighted by molar-refractivity contribution is -0.384. The minimum absolute atomic E-state index is 0.00629. The molecule has 98 valence electrons. The molecule has 6 nitrogen and oxygen atoms in total. The Morgan fingerprint density at radius 2 is 2.05 bits per heavy atom. The molecule has 0 aliphatic carbocycles. The van der Waals surface area contributed by atoms with Gasteiger partial charge in [-0.15, -0.1) is 0 Å². The van der Waals surface area contributed by atoms with Crippen LogP contribution in [-0.2, 0) is 6.42 Å². The van der Waals surface area contributed by atoms with Gasteiger partial charge in [-0.1, -0.05) is 12.1 Å². The van der Waals surface area contributed by atoms with Crippen LogP contribution >= 0.6 is 0 Å². The highest BCUT2D eigenvalue weighted by Gasteiger charge is 2.17. The Morgan fingerprint density at radius 3 is 2.74 bits per heavy atom. The third-order valence-corrected chi connectivity index (χ3v) is 2.65. The lowest BCUT2D eigenvalue weighted by Gasteiger charge is -2.05. The van der Waals surface area contributed by atoms with Gasteiger partial charge >= 0.3 is 0 Å². The second kappa shape index (κ2) is 5.53. The number of nitrogens with two attached hydrogens (primary N) is 1. The molecule has 1 aromatic carbocycles. The van der Waals surface area contributed by atoms with E-state index in [1.165, 1.54) is 6.07 Å². The van der Waals surface area contributed by atoms with Gasteiger partial charge in [-0.2, -0.15) is 0 Å². The van der Waals surface area contributed by atoms with Crippen LogP contribution in [0, 0.1) is 17.0 Å². The van der Waals surface area contributed by atoms with E-state index in [-0.39, 0.29) is 5.69 Å². The Bertz CT molecular complexity index is 613. The second-order valence-corrected chi connectivity index (χ2v) is 4.14. The van der Waals surface area contributed by atoms with E-state index >= 15 is 0 Å². The van der Waals surface area contributed by atoms with Gasteiger partial charge in [0.05, 0.1) is 10.5 Å². The summed E-state index contributed by atoms with van der Waals surface area (Å²) in [4.78, 5) is 19.2. The Labute approximate surface area is 110 Å². The van der Waals surface area contributed by atoms with Crippen LogP contribution in [0.1, 0.15) is 11.4 Å². The van der Waals surface area contributed by atoms with Crippen molar-refractivity contribution in [2.24, 2.45) is 5.73 Å². The molecule has 0 saturated carbocycles. The van der Waals surface area contributed by atoms with Crippen molar-refractivity contribution in [3.8, 4) is 11.4 Å². The van der Waals surface area contributed by atoms with Crippen LogP contribution in [0.5, 0.6) is 0 Å². The third-order valence-electron chi connectivity index (χ3n) is 2.65. The van der Waals surface area contributed by atoms with Crippen LogP contribution in [0.2, 0.25) is 0 Å². The third kappa shape index (κ3) is 2.92. The molecule has 1 aromatic heterocycles. The molecule has 0 bridgehead atoms.